The number of hydrogen-bond donors (Lipinski definition) is 2. The van der Waals surface area contributed by atoms with Gasteiger partial charge in [0.25, 0.3) is 0 Å². The highest BCUT2D eigenvalue weighted by atomic mass is 16.4. The minimum absolute atomic E-state index is 0.119. The van der Waals surface area contributed by atoms with Gasteiger partial charge in [-0.1, -0.05) is 19.1 Å². The molecule has 0 unspecified atom stereocenters. The zero-order chi connectivity index (χ0) is 8.53. The van der Waals surface area contributed by atoms with Crippen molar-refractivity contribution < 1.29 is 9.90 Å². The first-order chi connectivity index (χ1) is 5.27. The number of rotatable bonds is 6. The Labute approximate surface area is 67.1 Å². The van der Waals surface area contributed by atoms with Crippen molar-refractivity contribution in [3.8, 4) is 0 Å². The molecule has 0 saturated heterocycles. The molecule has 0 radical (unpaired) electrons. The molecule has 64 valence electrons. The predicted molar refractivity (Wildman–Crippen MR) is 44.6 cm³/mol. The summed E-state index contributed by atoms with van der Waals surface area (Å²) in [5, 5.41) is 11.4. The van der Waals surface area contributed by atoms with Crippen molar-refractivity contribution in [2.75, 3.05) is 13.1 Å². The van der Waals surface area contributed by atoms with E-state index >= 15 is 0 Å². The van der Waals surface area contributed by atoms with Crippen LogP contribution in [0.5, 0.6) is 0 Å². The predicted octanol–water partition coefficient (Wildman–Crippen LogP) is 1.02. The average Bonchev–Trinajstić information content (AvgIpc) is 1.96. The van der Waals surface area contributed by atoms with E-state index in [1.165, 1.54) is 0 Å². The van der Waals surface area contributed by atoms with Crippen LogP contribution in [0.2, 0.25) is 0 Å². The van der Waals surface area contributed by atoms with Gasteiger partial charge in [0.05, 0.1) is 6.42 Å². The smallest absolute Gasteiger partial charge is 0.307 e. The van der Waals surface area contributed by atoms with E-state index in [1.807, 2.05) is 6.08 Å². The summed E-state index contributed by atoms with van der Waals surface area (Å²) in [4.78, 5) is 10.0. The van der Waals surface area contributed by atoms with Crippen molar-refractivity contribution in [3.63, 3.8) is 0 Å². The van der Waals surface area contributed by atoms with Crippen molar-refractivity contribution in [3.05, 3.63) is 12.2 Å². The Balaban J connectivity index is 3.10. The van der Waals surface area contributed by atoms with Crippen molar-refractivity contribution in [2.45, 2.75) is 19.8 Å². The van der Waals surface area contributed by atoms with E-state index in [4.69, 9.17) is 5.11 Å². The molecule has 11 heavy (non-hydrogen) atoms. The van der Waals surface area contributed by atoms with Gasteiger partial charge in [-0.05, 0) is 13.0 Å². The summed E-state index contributed by atoms with van der Waals surface area (Å²) in [5.74, 6) is -0.781. The Kier molecular flexibility index (Phi) is 6.73. The SMILES string of the molecule is CCCNCC=CCC(=O)O. The average molecular weight is 157 g/mol. The van der Waals surface area contributed by atoms with Crippen LogP contribution in [0.4, 0.5) is 0 Å². The van der Waals surface area contributed by atoms with Crippen LogP contribution in [-0.2, 0) is 4.79 Å². The van der Waals surface area contributed by atoms with E-state index in [0.29, 0.717) is 0 Å². The van der Waals surface area contributed by atoms with Crippen LogP contribution in [-0.4, -0.2) is 24.2 Å². The van der Waals surface area contributed by atoms with Gasteiger partial charge in [-0.2, -0.15) is 0 Å². The second-order valence-corrected chi connectivity index (χ2v) is 2.27. The molecule has 0 saturated carbocycles. The molecule has 0 rings (SSSR count). The van der Waals surface area contributed by atoms with E-state index in [-0.39, 0.29) is 6.42 Å². The number of carboxylic acid groups (broad SMARTS) is 1. The van der Waals surface area contributed by atoms with Gasteiger partial charge in [0, 0.05) is 6.54 Å². The van der Waals surface area contributed by atoms with Gasteiger partial charge >= 0.3 is 5.97 Å². The maximum absolute atomic E-state index is 10.0. The molecular weight excluding hydrogens is 142 g/mol. The molecule has 0 aliphatic rings. The molecule has 3 heteroatoms. The zero-order valence-electron chi connectivity index (χ0n) is 6.84. The Morgan fingerprint density at radius 2 is 2.27 bits per heavy atom. The highest BCUT2D eigenvalue weighted by Gasteiger charge is 1.87. The van der Waals surface area contributed by atoms with Crippen molar-refractivity contribution in [2.24, 2.45) is 0 Å². The minimum atomic E-state index is -0.781. The summed E-state index contributed by atoms with van der Waals surface area (Å²) in [6, 6.07) is 0. The third-order valence-electron chi connectivity index (χ3n) is 1.15. The molecule has 0 bridgehead atoms. The Bertz CT molecular complexity index is 132. The molecule has 0 spiro atoms. The maximum atomic E-state index is 10.0. The Morgan fingerprint density at radius 1 is 1.55 bits per heavy atom. The summed E-state index contributed by atoms with van der Waals surface area (Å²) >= 11 is 0. The summed E-state index contributed by atoms with van der Waals surface area (Å²) in [6.45, 7) is 3.84. The first-order valence-corrected chi connectivity index (χ1v) is 3.85. The molecule has 0 aromatic rings. The third-order valence-corrected chi connectivity index (χ3v) is 1.15. The molecule has 0 fully saturated rings. The van der Waals surface area contributed by atoms with E-state index in [9.17, 15) is 4.79 Å². The van der Waals surface area contributed by atoms with Crippen LogP contribution in [0.15, 0.2) is 12.2 Å². The number of nitrogens with one attached hydrogen (secondary N) is 1. The third kappa shape index (κ3) is 9.17. The number of carboxylic acids is 1. The molecule has 0 atom stereocenters. The first kappa shape index (κ1) is 10.2. The molecule has 2 N–H and O–H groups in total. The van der Waals surface area contributed by atoms with Gasteiger partial charge < -0.3 is 10.4 Å². The van der Waals surface area contributed by atoms with Gasteiger partial charge in [-0.15, -0.1) is 0 Å². The zero-order valence-corrected chi connectivity index (χ0v) is 6.84. The van der Waals surface area contributed by atoms with Crippen LogP contribution < -0.4 is 5.32 Å². The van der Waals surface area contributed by atoms with Gasteiger partial charge in [0.2, 0.25) is 0 Å². The maximum Gasteiger partial charge on any atom is 0.307 e. The summed E-state index contributed by atoms with van der Waals surface area (Å²) in [6.07, 6.45) is 4.72. The molecule has 0 heterocycles. The molecule has 0 aromatic carbocycles. The molecule has 0 aliphatic carbocycles. The molecule has 0 aromatic heterocycles. The van der Waals surface area contributed by atoms with Crippen LogP contribution in [0.25, 0.3) is 0 Å². The van der Waals surface area contributed by atoms with Crippen LogP contribution in [0.3, 0.4) is 0 Å². The van der Waals surface area contributed by atoms with Crippen LogP contribution in [0, 0.1) is 0 Å². The summed E-state index contributed by atoms with van der Waals surface area (Å²) < 4.78 is 0. The fourth-order valence-corrected chi connectivity index (χ4v) is 0.630. The standard InChI is InChI=1S/C8H15NO2/c1-2-6-9-7-4-3-5-8(10)11/h3-4,9H,2,5-7H2,1H3,(H,10,11). The Morgan fingerprint density at radius 3 is 2.82 bits per heavy atom. The lowest BCUT2D eigenvalue weighted by atomic mass is 10.4. The van der Waals surface area contributed by atoms with Crippen molar-refractivity contribution >= 4 is 5.97 Å². The van der Waals surface area contributed by atoms with Gasteiger partial charge in [0.15, 0.2) is 0 Å². The Hall–Kier alpha value is -0.830. The quantitative estimate of drug-likeness (QED) is 0.447. The summed E-state index contributed by atoms with van der Waals surface area (Å²) in [7, 11) is 0. The van der Waals surface area contributed by atoms with Gasteiger partial charge in [-0.3, -0.25) is 4.79 Å². The monoisotopic (exact) mass is 157 g/mol. The molecule has 0 amide bonds. The van der Waals surface area contributed by atoms with Gasteiger partial charge in [0.1, 0.15) is 0 Å². The van der Waals surface area contributed by atoms with E-state index in [1.54, 1.807) is 6.08 Å². The highest BCUT2D eigenvalue weighted by Crippen LogP contribution is 1.81. The number of hydrogen-bond acceptors (Lipinski definition) is 2. The fraction of sp³-hybridized carbons (Fsp3) is 0.625. The van der Waals surface area contributed by atoms with Gasteiger partial charge in [-0.25, -0.2) is 0 Å². The van der Waals surface area contributed by atoms with E-state index in [2.05, 4.69) is 12.2 Å². The van der Waals surface area contributed by atoms with E-state index in [0.717, 1.165) is 19.5 Å². The number of carbonyl (C=O) groups is 1. The second kappa shape index (κ2) is 7.28. The second-order valence-electron chi connectivity index (χ2n) is 2.27. The van der Waals surface area contributed by atoms with Crippen molar-refractivity contribution in [1.82, 2.24) is 5.32 Å². The van der Waals surface area contributed by atoms with Crippen molar-refractivity contribution in [1.29, 1.82) is 0 Å². The lowest BCUT2D eigenvalue weighted by molar-refractivity contribution is -0.136. The lowest BCUT2D eigenvalue weighted by Gasteiger charge is -1.94. The molecule has 0 aliphatic heterocycles. The normalized spacial score (nSPS) is 10.6. The lowest BCUT2D eigenvalue weighted by Crippen LogP contribution is -2.13. The first-order valence-electron chi connectivity index (χ1n) is 3.85. The molecular formula is C8H15NO2. The number of aliphatic carboxylic acids is 1. The highest BCUT2D eigenvalue weighted by molar-refractivity contribution is 5.68. The van der Waals surface area contributed by atoms with Crippen LogP contribution in [0.1, 0.15) is 19.8 Å². The minimum Gasteiger partial charge on any atom is -0.481 e. The summed E-state index contributed by atoms with van der Waals surface area (Å²) in [5.41, 5.74) is 0. The molecule has 3 nitrogen and oxygen atoms in total. The largest absolute Gasteiger partial charge is 0.481 e. The van der Waals surface area contributed by atoms with E-state index < -0.39 is 5.97 Å². The topological polar surface area (TPSA) is 49.3 Å². The van der Waals surface area contributed by atoms with Crippen LogP contribution >= 0.6 is 0 Å². The fourth-order valence-electron chi connectivity index (χ4n) is 0.630.